The van der Waals surface area contributed by atoms with Crippen molar-refractivity contribution >= 4 is 0 Å². The van der Waals surface area contributed by atoms with Crippen LogP contribution in [0.4, 0.5) is 0 Å². The lowest BCUT2D eigenvalue weighted by molar-refractivity contribution is 0.832. The van der Waals surface area contributed by atoms with Crippen LogP contribution in [0, 0.1) is 22.7 Å². The average molecular weight is 210 g/mol. The predicted molar refractivity (Wildman–Crippen MR) is 63.4 cm³/mol. The van der Waals surface area contributed by atoms with Gasteiger partial charge in [-0.3, -0.25) is 0 Å². The first-order valence-electron chi connectivity index (χ1n) is 5.32. The summed E-state index contributed by atoms with van der Waals surface area (Å²) in [4.78, 5) is 0. The molecule has 1 aromatic rings. The largest absolute Gasteiger partial charge is 0.192 e. The molecule has 0 spiro atoms. The normalized spacial score (nSPS) is 11.0. The maximum absolute atomic E-state index is 8.89. The third kappa shape index (κ3) is 2.49. The molecule has 0 saturated carbocycles. The Balaban J connectivity index is 3.15. The highest BCUT2D eigenvalue weighted by Gasteiger charge is 2.14. The molecule has 0 aromatic heterocycles. The van der Waals surface area contributed by atoms with Gasteiger partial charge in [0.05, 0.1) is 0 Å². The van der Waals surface area contributed by atoms with Crippen LogP contribution in [0.1, 0.15) is 31.7 Å². The van der Waals surface area contributed by atoms with E-state index in [4.69, 9.17) is 10.5 Å². The highest BCUT2D eigenvalue weighted by molar-refractivity contribution is 5.44. The van der Waals surface area contributed by atoms with Crippen molar-refractivity contribution in [1.29, 1.82) is 10.5 Å². The molecule has 1 aromatic carbocycles. The van der Waals surface area contributed by atoms with Gasteiger partial charge in [-0.25, -0.2) is 0 Å². The second-order valence-electron chi connectivity index (χ2n) is 3.61. The van der Waals surface area contributed by atoms with Crippen molar-refractivity contribution in [1.82, 2.24) is 0 Å². The van der Waals surface area contributed by atoms with Crippen LogP contribution in [0.3, 0.4) is 0 Å². The molecule has 2 nitrogen and oxygen atoms in total. The van der Waals surface area contributed by atoms with E-state index in [2.05, 4.69) is 0 Å². The predicted octanol–water partition coefficient (Wildman–Crippen LogP) is 3.54. The summed E-state index contributed by atoms with van der Waals surface area (Å²) >= 11 is 0. The monoisotopic (exact) mass is 210 g/mol. The highest BCUT2D eigenvalue weighted by Crippen LogP contribution is 2.28. The number of rotatable bonds is 3. The smallest absolute Gasteiger partial charge is 0.129 e. The van der Waals surface area contributed by atoms with Crippen molar-refractivity contribution in [2.75, 3.05) is 0 Å². The summed E-state index contributed by atoms with van der Waals surface area (Å²) in [6.07, 6.45) is 0.729. The third-order valence-corrected chi connectivity index (χ3v) is 2.75. The van der Waals surface area contributed by atoms with Crippen LogP contribution in [-0.2, 0) is 0 Å². The molecule has 0 aliphatic carbocycles. The zero-order valence-corrected chi connectivity index (χ0v) is 9.57. The summed E-state index contributed by atoms with van der Waals surface area (Å²) in [5.74, 6) is 0.125. The van der Waals surface area contributed by atoms with Crippen molar-refractivity contribution in [3.63, 3.8) is 0 Å². The summed E-state index contributed by atoms with van der Waals surface area (Å²) < 4.78 is 0. The van der Waals surface area contributed by atoms with Crippen LogP contribution >= 0.6 is 0 Å². The Bertz CT molecular complexity index is 442. The van der Waals surface area contributed by atoms with Crippen LogP contribution in [0.5, 0.6) is 0 Å². The van der Waals surface area contributed by atoms with Gasteiger partial charge in [-0.2, -0.15) is 10.5 Å². The van der Waals surface area contributed by atoms with Crippen molar-refractivity contribution in [2.24, 2.45) is 0 Å². The quantitative estimate of drug-likeness (QED) is 0.716. The average Bonchev–Trinajstić information content (AvgIpc) is 2.36. The van der Waals surface area contributed by atoms with Crippen molar-refractivity contribution in [2.45, 2.75) is 26.2 Å². The summed E-state index contributed by atoms with van der Waals surface area (Å²) in [6.45, 7) is 4.01. The van der Waals surface area contributed by atoms with Gasteiger partial charge in [0.25, 0.3) is 0 Å². The van der Waals surface area contributed by atoms with Crippen LogP contribution in [-0.4, -0.2) is 0 Å². The number of nitrogens with zero attached hydrogens (tertiary/aromatic N) is 2. The van der Waals surface area contributed by atoms with E-state index in [0.717, 1.165) is 17.6 Å². The van der Waals surface area contributed by atoms with Gasteiger partial charge >= 0.3 is 0 Å². The molecule has 0 aliphatic heterocycles. The fourth-order valence-corrected chi connectivity index (χ4v) is 1.81. The Morgan fingerprint density at radius 1 is 1.19 bits per heavy atom. The Hall–Kier alpha value is -2.06. The van der Waals surface area contributed by atoms with E-state index in [9.17, 15) is 0 Å². The highest BCUT2D eigenvalue weighted by atomic mass is 14.3. The fraction of sp³-hybridized carbons (Fsp3) is 0.286. The van der Waals surface area contributed by atoms with E-state index < -0.39 is 0 Å². The third-order valence-electron chi connectivity index (χ3n) is 2.75. The molecule has 2 heteroatoms. The number of hydrogen-bond donors (Lipinski definition) is 0. The van der Waals surface area contributed by atoms with Gasteiger partial charge in [-0.15, -0.1) is 0 Å². The molecule has 0 amide bonds. The van der Waals surface area contributed by atoms with Crippen molar-refractivity contribution < 1.29 is 0 Å². The maximum Gasteiger partial charge on any atom is 0.129 e. The summed E-state index contributed by atoms with van der Waals surface area (Å²) in [7, 11) is 0. The Morgan fingerprint density at radius 2 is 1.75 bits per heavy atom. The van der Waals surface area contributed by atoms with Crippen LogP contribution in [0.2, 0.25) is 0 Å². The van der Waals surface area contributed by atoms with Crippen molar-refractivity contribution in [3.8, 4) is 12.1 Å². The molecule has 1 unspecified atom stereocenters. The van der Waals surface area contributed by atoms with Gasteiger partial charge in [-0.05, 0) is 17.6 Å². The first-order chi connectivity index (χ1) is 7.74. The lowest BCUT2D eigenvalue weighted by Crippen LogP contribution is -2.00. The van der Waals surface area contributed by atoms with Crippen molar-refractivity contribution in [3.05, 3.63) is 47.0 Å². The molecule has 80 valence electrons. The van der Waals surface area contributed by atoms with Gasteiger partial charge in [0, 0.05) is 5.92 Å². The van der Waals surface area contributed by atoms with Crippen LogP contribution in [0.25, 0.3) is 0 Å². The van der Waals surface area contributed by atoms with E-state index in [1.54, 1.807) is 0 Å². The topological polar surface area (TPSA) is 47.6 Å². The Labute approximate surface area is 96.4 Å². The van der Waals surface area contributed by atoms with Gasteiger partial charge in [0.2, 0.25) is 0 Å². The van der Waals surface area contributed by atoms with Crippen LogP contribution in [0.15, 0.2) is 41.5 Å². The zero-order valence-electron chi connectivity index (χ0n) is 9.57. The second kappa shape index (κ2) is 5.73. The zero-order chi connectivity index (χ0) is 12.0. The van der Waals surface area contributed by atoms with Gasteiger partial charge in [0.15, 0.2) is 0 Å². The molecule has 1 rings (SSSR count). The maximum atomic E-state index is 8.89. The minimum atomic E-state index is 0.125. The molecular weight excluding hydrogens is 196 g/mol. The fourth-order valence-electron chi connectivity index (χ4n) is 1.81. The molecule has 0 fully saturated rings. The summed E-state index contributed by atoms with van der Waals surface area (Å²) in [5, 5.41) is 17.8. The lowest BCUT2D eigenvalue weighted by Gasteiger charge is -2.14. The summed E-state index contributed by atoms with van der Waals surface area (Å²) in [6, 6.07) is 13.9. The first-order valence-corrected chi connectivity index (χ1v) is 5.32. The number of hydrogen-bond acceptors (Lipinski definition) is 2. The van der Waals surface area contributed by atoms with Gasteiger partial charge < -0.3 is 0 Å². The second-order valence-corrected chi connectivity index (χ2v) is 3.61. The molecule has 0 bridgehead atoms. The van der Waals surface area contributed by atoms with Crippen LogP contribution < -0.4 is 0 Å². The van der Waals surface area contributed by atoms with E-state index in [-0.39, 0.29) is 11.5 Å². The Morgan fingerprint density at radius 3 is 2.19 bits per heavy atom. The number of nitriles is 2. The minimum Gasteiger partial charge on any atom is -0.192 e. The molecule has 0 N–H and O–H groups in total. The minimum absolute atomic E-state index is 0.125. The standard InChI is InChI=1S/C14H14N2/c1-3-14(13(9-15)10-16)11(2)12-7-5-4-6-8-12/h4-8,11H,3H2,1-2H3. The molecule has 0 saturated heterocycles. The van der Waals surface area contributed by atoms with E-state index in [1.807, 2.05) is 56.3 Å². The molecule has 0 aliphatic rings. The SMILES string of the molecule is CCC(=C(C#N)C#N)C(C)c1ccccc1. The number of benzene rings is 1. The lowest BCUT2D eigenvalue weighted by atomic mass is 9.88. The molecule has 0 radical (unpaired) electrons. The first kappa shape index (κ1) is 12.0. The van der Waals surface area contributed by atoms with Gasteiger partial charge in [-0.1, -0.05) is 44.2 Å². The molecule has 16 heavy (non-hydrogen) atoms. The molecule has 1 atom stereocenters. The Kier molecular flexibility index (Phi) is 4.30. The molecule has 0 heterocycles. The van der Waals surface area contributed by atoms with E-state index in [1.165, 1.54) is 0 Å². The number of allylic oxidation sites excluding steroid dienone is 2. The molecular formula is C14H14N2. The summed E-state index contributed by atoms with van der Waals surface area (Å²) in [5.41, 5.74) is 2.30. The van der Waals surface area contributed by atoms with E-state index >= 15 is 0 Å². The van der Waals surface area contributed by atoms with Gasteiger partial charge in [0.1, 0.15) is 17.7 Å². The van der Waals surface area contributed by atoms with E-state index in [0.29, 0.717) is 0 Å².